The Kier molecular flexibility index (Phi) is 5.00. The monoisotopic (exact) mass is 324 g/mol. The van der Waals surface area contributed by atoms with Crippen LogP contribution >= 0.6 is 0 Å². The predicted octanol–water partition coefficient (Wildman–Crippen LogP) is 2.64. The highest BCUT2D eigenvalue weighted by molar-refractivity contribution is 5.24. The molecular formula is C16H18F2N2O3. The summed E-state index contributed by atoms with van der Waals surface area (Å²) in [5.74, 6) is -0.396. The van der Waals surface area contributed by atoms with Crippen LogP contribution in [0.4, 0.5) is 8.78 Å². The lowest BCUT2D eigenvalue weighted by Crippen LogP contribution is -2.48. The smallest absolute Gasteiger partial charge is 0.297 e. The topological polar surface area (TPSA) is 56.5 Å². The first-order chi connectivity index (χ1) is 11.2. The molecule has 124 valence electrons. The first-order valence-corrected chi connectivity index (χ1v) is 7.40. The Balaban J connectivity index is 1.69. The number of aromatic nitrogens is 1. The Labute approximate surface area is 132 Å². The molecule has 0 spiro atoms. The Hall–Kier alpha value is -1.83. The molecule has 23 heavy (non-hydrogen) atoms. The summed E-state index contributed by atoms with van der Waals surface area (Å²) in [4.78, 5) is 3.83. The highest BCUT2D eigenvalue weighted by Gasteiger charge is 2.36. The van der Waals surface area contributed by atoms with Crippen LogP contribution in [0.25, 0.3) is 0 Å². The van der Waals surface area contributed by atoms with Crippen molar-refractivity contribution < 1.29 is 22.7 Å². The van der Waals surface area contributed by atoms with Crippen molar-refractivity contribution in [1.29, 1.82) is 0 Å². The third kappa shape index (κ3) is 3.57. The quantitative estimate of drug-likeness (QED) is 0.885. The molecule has 1 aliphatic rings. The van der Waals surface area contributed by atoms with Crippen molar-refractivity contribution in [1.82, 2.24) is 10.3 Å². The van der Waals surface area contributed by atoms with E-state index in [2.05, 4.69) is 10.3 Å². The zero-order valence-electron chi connectivity index (χ0n) is 12.5. The van der Waals surface area contributed by atoms with Gasteiger partial charge in [0.25, 0.3) is 6.43 Å². The number of nitrogens with one attached hydrogen (secondary N) is 1. The summed E-state index contributed by atoms with van der Waals surface area (Å²) in [6.07, 6.45) is -1.64. The van der Waals surface area contributed by atoms with E-state index in [0.29, 0.717) is 26.4 Å². The molecule has 1 unspecified atom stereocenters. The number of halogens is 2. The Morgan fingerprint density at radius 2 is 2.04 bits per heavy atom. The minimum absolute atomic E-state index is 0.175. The van der Waals surface area contributed by atoms with Crippen LogP contribution in [0.1, 0.15) is 23.4 Å². The maximum atomic E-state index is 12.8. The number of hydrogen-bond donors (Lipinski definition) is 1. The van der Waals surface area contributed by atoms with E-state index in [1.807, 2.05) is 30.3 Å². The highest BCUT2D eigenvalue weighted by atomic mass is 19.3. The van der Waals surface area contributed by atoms with Crippen LogP contribution < -0.4 is 5.32 Å². The van der Waals surface area contributed by atoms with Gasteiger partial charge >= 0.3 is 0 Å². The molecule has 1 atom stereocenters. The molecule has 1 fully saturated rings. The van der Waals surface area contributed by atoms with Crippen molar-refractivity contribution in [3.63, 3.8) is 0 Å². The summed E-state index contributed by atoms with van der Waals surface area (Å²) in [7, 11) is 0. The predicted molar refractivity (Wildman–Crippen MR) is 78.1 cm³/mol. The van der Waals surface area contributed by atoms with Gasteiger partial charge in [0.2, 0.25) is 0 Å². The zero-order chi connectivity index (χ0) is 16.1. The van der Waals surface area contributed by atoms with Crippen molar-refractivity contribution in [3.8, 4) is 0 Å². The van der Waals surface area contributed by atoms with Gasteiger partial charge in [-0.1, -0.05) is 30.3 Å². The lowest BCUT2D eigenvalue weighted by atomic mass is 9.93. The summed E-state index contributed by atoms with van der Waals surface area (Å²) >= 11 is 0. The van der Waals surface area contributed by atoms with E-state index in [9.17, 15) is 8.78 Å². The van der Waals surface area contributed by atoms with Crippen molar-refractivity contribution in [2.24, 2.45) is 0 Å². The summed E-state index contributed by atoms with van der Waals surface area (Å²) in [5.41, 5.74) is 0.565. The molecule has 1 aliphatic heterocycles. The van der Waals surface area contributed by atoms with Crippen molar-refractivity contribution >= 4 is 0 Å². The molecule has 7 heteroatoms. The van der Waals surface area contributed by atoms with Gasteiger partial charge in [0.15, 0.2) is 12.2 Å². The SMILES string of the molecule is FC(F)c1ocnc1CNCC1(c2ccccc2)COCCO1. The molecule has 3 rings (SSSR count). The van der Waals surface area contributed by atoms with Crippen molar-refractivity contribution in [2.45, 2.75) is 18.6 Å². The molecule has 0 bridgehead atoms. The Morgan fingerprint density at radius 3 is 2.74 bits per heavy atom. The third-order valence-electron chi connectivity index (χ3n) is 3.81. The van der Waals surface area contributed by atoms with E-state index in [4.69, 9.17) is 13.9 Å². The van der Waals surface area contributed by atoms with Crippen LogP contribution in [0, 0.1) is 0 Å². The van der Waals surface area contributed by atoms with Gasteiger partial charge in [-0.05, 0) is 5.56 Å². The second kappa shape index (κ2) is 7.16. The van der Waals surface area contributed by atoms with E-state index in [-0.39, 0.29) is 12.2 Å². The summed E-state index contributed by atoms with van der Waals surface area (Å²) in [6, 6.07) is 9.73. The number of benzene rings is 1. The van der Waals surface area contributed by atoms with Gasteiger partial charge < -0.3 is 19.2 Å². The highest BCUT2D eigenvalue weighted by Crippen LogP contribution is 2.28. The lowest BCUT2D eigenvalue weighted by molar-refractivity contribution is -0.160. The minimum Gasteiger partial charge on any atom is -0.442 e. The first-order valence-electron chi connectivity index (χ1n) is 7.40. The first kappa shape index (κ1) is 16.0. The maximum absolute atomic E-state index is 12.8. The molecule has 1 saturated heterocycles. The summed E-state index contributed by atoms with van der Waals surface area (Å²) in [6.45, 7) is 2.04. The van der Waals surface area contributed by atoms with Crippen molar-refractivity contribution in [2.75, 3.05) is 26.4 Å². The van der Waals surface area contributed by atoms with Crippen LogP contribution in [-0.4, -0.2) is 31.3 Å². The van der Waals surface area contributed by atoms with Crippen LogP contribution in [0.2, 0.25) is 0 Å². The van der Waals surface area contributed by atoms with Gasteiger partial charge in [0.05, 0.1) is 19.8 Å². The van der Waals surface area contributed by atoms with Gasteiger partial charge in [-0.3, -0.25) is 0 Å². The van der Waals surface area contributed by atoms with E-state index in [1.54, 1.807) is 0 Å². The molecule has 1 N–H and O–H groups in total. The van der Waals surface area contributed by atoms with Gasteiger partial charge in [0, 0.05) is 13.1 Å². The van der Waals surface area contributed by atoms with Crippen LogP contribution in [-0.2, 0) is 21.6 Å². The molecule has 2 aromatic rings. The van der Waals surface area contributed by atoms with E-state index < -0.39 is 17.8 Å². The molecule has 5 nitrogen and oxygen atoms in total. The van der Waals surface area contributed by atoms with Gasteiger partial charge in [-0.25, -0.2) is 13.8 Å². The second-order valence-electron chi connectivity index (χ2n) is 5.33. The van der Waals surface area contributed by atoms with Crippen LogP contribution in [0.5, 0.6) is 0 Å². The van der Waals surface area contributed by atoms with Crippen LogP contribution in [0.15, 0.2) is 41.1 Å². The fourth-order valence-electron chi connectivity index (χ4n) is 2.66. The maximum Gasteiger partial charge on any atom is 0.297 e. The number of ether oxygens (including phenoxy) is 2. The molecule has 0 saturated carbocycles. The number of hydrogen-bond acceptors (Lipinski definition) is 5. The molecule has 0 amide bonds. The fraction of sp³-hybridized carbons (Fsp3) is 0.438. The Morgan fingerprint density at radius 1 is 1.22 bits per heavy atom. The normalized spacial score (nSPS) is 21.7. The number of alkyl halides is 2. The third-order valence-corrected chi connectivity index (χ3v) is 3.81. The van der Waals surface area contributed by atoms with Gasteiger partial charge in [-0.2, -0.15) is 0 Å². The van der Waals surface area contributed by atoms with E-state index in [1.165, 1.54) is 0 Å². The summed E-state index contributed by atoms with van der Waals surface area (Å²) in [5, 5.41) is 3.13. The molecule has 2 heterocycles. The number of oxazole rings is 1. The molecule has 0 aliphatic carbocycles. The average molecular weight is 324 g/mol. The van der Waals surface area contributed by atoms with E-state index in [0.717, 1.165) is 12.0 Å². The Bertz CT molecular complexity index is 613. The summed E-state index contributed by atoms with van der Waals surface area (Å²) < 4.78 is 41.8. The number of rotatable bonds is 6. The van der Waals surface area contributed by atoms with Gasteiger partial charge in [0.1, 0.15) is 11.3 Å². The molecule has 1 aromatic carbocycles. The largest absolute Gasteiger partial charge is 0.442 e. The molecule has 0 radical (unpaired) electrons. The number of nitrogens with zero attached hydrogens (tertiary/aromatic N) is 1. The average Bonchev–Trinajstić information content (AvgIpc) is 3.05. The zero-order valence-corrected chi connectivity index (χ0v) is 12.5. The second-order valence-corrected chi connectivity index (χ2v) is 5.33. The lowest BCUT2D eigenvalue weighted by Gasteiger charge is -2.37. The minimum atomic E-state index is -2.67. The molecule has 1 aromatic heterocycles. The standard InChI is InChI=1S/C16H18F2N2O3/c17-15(18)14-13(20-11-22-14)8-19-9-16(10-21-6-7-23-16)12-4-2-1-3-5-12/h1-5,11,15,19H,6-10H2. The fourth-order valence-corrected chi connectivity index (χ4v) is 2.66. The van der Waals surface area contributed by atoms with E-state index >= 15 is 0 Å². The van der Waals surface area contributed by atoms with Crippen LogP contribution in [0.3, 0.4) is 0 Å². The van der Waals surface area contributed by atoms with Crippen molar-refractivity contribution in [3.05, 3.63) is 53.7 Å². The molecular weight excluding hydrogens is 306 g/mol. The van der Waals surface area contributed by atoms with Gasteiger partial charge in [-0.15, -0.1) is 0 Å².